The number of ether oxygens (including phenoxy) is 4. The first-order chi connectivity index (χ1) is 8.40. The van der Waals surface area contributed by atoms with Crippen LogP contribution < -0.4 is 9.47 Å². The van der Waals surface area contributed by atoms with Crippen molar-refractivity contribution in [2.24, 2.45) is 0 Å². The van der Waals surface area contributed by atoms with Gasteiger partial charge in [0.2, 0.25) is 0 Å². The van der Waals surface area contributed by atoms with Gasteiger partial charge in [0, 0.05) is 17.4 Å². The van der Waals surface area contributed by atoms with E-state index in [1.165, 1.54) is 0 Å². The van der Waals surface area contributed by atoms with Gasteiger partial charge < -0.3 is 18.9 Å². The van der Waals surface area contributed by atoms with Gasteiger partial charge in [0.25, 0.3) is 0 Å². The van der Waals surface area contributed by atoms with Crippen molar-refractivity contribution in [1.82, 2.24) is 0 Å². The Bertz CT molecular complexity index is 326. The summed E-state index contributed by atoms with van der Waals surface area (Å²) in [5, 5.41) is 3.90. The zero-order chi connectivity index (χ0) is 11.9. The molecule has 4 nitrogen and oxygen atoms in total. The molecule has 0 N–H and O–H groups in total. The molecule has 0 radical (unpaired) electrons. The van der Waals surface area contributed by atoms with E-state index in [1.807, 2.05) is 10.8 Å². The maximum Gasteiger partial charge on any atom is 0.172 e. The maximum absolute atomic E-state index is 5.72. The Morgan fingerprint density at radius 2 is 2.06 bits per heavy atom. The van der Waals surface area contributed by atoms with Gasteiger partial charge in [-0.1, -0.05) is 6.92 Å². The fourth-order valence-corrected chi connectivity index (χ4v) is 2.19. The van der Waals surface area contributed by atoms with Crippen LogP contribution in [0.4, 0.5) is 0 Å². The lowest BCUT2D eigenvalue weighted by Gasteiger charge is -2.24. The topological polar surface area (TPSA) is 36.9 Å². The number of thiophene rings is 1. The van der Waals surface area contributed by atoms with E-state index < -0.39 is 0 Å². The lowest BCUT2D eigenvalue weighted by molar-refractivity contribution is -0.0117. The monoisotopic (exact) mass is 258 g/mol. The Morgan fingerprint density at radius 1 is 1.24 bits per heavy atom. The molecule has 0 amide bonds. The van der Waals surface area contributed by atoms with Crippen LogP contribution in [0.5, 0.6) is 11.5 Å². The molecule has 0 spiro atoms. The molecule has 5 heteroatoms. The highest BCUT2D eigenvalue weighted by molar-refractivity contribution is 7.08. The molecule has 1 aliphatic heterocycles. The Kier molecular flexibility index (Phi) is 5.09. The molecule has 0 aliphatic carbocycles. The predicted molar refractivity (Wildman–Crippen MR) is 66.2 cm³/mol. The second-order valence-corrected chi connectivity index (χ2v) is 4.58. The Balaban J connectivity index is 1.59. The molecular weight excluding hydrogens is 240 g/mol. The van der Waals surface area contributed by atoms with Gasteiger partial charge in [-0.15, -0.1) is 11.3 Å². The van der Waals surface area contributed by atoms with Gasteiger partial charge >= 0.3 is 0 Å². The van der Waals surface area contributed by atoms with Crippen molar-refractivity contribution in [1.29, 1.82) is 0 Å². The molecule has 0 saturated carbocycles. The van der Waals surface area contributed by atoms with Crippen LogP contribution in [-0.2, 0) is 9.47 Å². The first kappa shape index (κ1) is 12.7. The fraction of sp³-hybridized carbons (Fsp3) is 0.667. The summed E-state index contributed by atoms with van der Waals surface area (Å²) in [6.45, 7) is 5.24. The summed E-state index contributed by atoms with van der Waals surface area (Å²) < 4.78 is 22.1. The van der Waals surface area contributed by atoms with Crippen LogP contribution in [0.15, 0.2) is 10.8 Å². The first-order valence-electron chi connectivity index (χ1n) is 5.91. The van der Waals surface area contributed by atoms with E-state index >= 15 is 0 Å². The SMILES string of the molecule is CCCOCCOCC1COc2cscc2O1. The second kappa shape index (κ2) is 6.83. The summed E-state index contributed by atoms with van der Waals surface area (Å²) in [7, 11) is 0. The fourth-order valence-electron chi connectivity index (χ4n) is 1.52. The third kappa shape index (κ3) is 3.87. The lowest BCUT2D eigenvalue weighted by atomic mass is 10.3. The minimum absolute atomic E-state index is 0.0109. The summed E-state index contributed by atoms with van der Waals surface area (Å²) in [6.07, 6.45) is 1.03. The van der Waals surface area contributed by atoms with Crippen molar-refractivity contribution in [3.63, 3.8) is 0 Å². The summed E-state index contributed by atoms with van der Waals surface area (Å²) in [6, 6.07) is 0. The summed E-state index contributed by atoms with van der Waals surface area (Å²) in [5.74, 6) is 1.68. The molecule has 0 bridgehead atoms. The first-order valence-corrected chi connectivity index (χ1v) is 6.85. The van der Waals surface area contributed by atoms with Crippen LogP contribution in [0.3, 0.4) is 0 Å². The van der Waals surface area contributed by atoms with Crippen LogP contribution >= 0.6 is 11.3 Å². The van der Waals surface area contributed by atoms with Crippen LogP contribution in [0, 0.1) is 0 Å². The third-order valence-electron chi connectivity index (χ3n) is 2.34. The molecule has 2 rings (SSSR count). The van der Waals surface area contributed by atoms with Crippen molar-refractivity contribution in [2.45, 2.75) is 19.4 Å². The molecule has 1 atom stereocenters. The predicted octanol–water partition coefficient (Wildman–Crippen LogP) is 2.33. The van der Waals surface area contributed by atoms with E-state index in [0.717, 1.165) is 24.5 Å². The highest BCUT2D eigenvalue weighted by atomic mass is 32.1. The molecule has 1 aromatic rings. The summed E-state index contributed by atoms with van der Waals surface area (Å²) >= 11 is 1.58. The molecular formula is C12H18O4S. The Hall–Kier alpha value is -0.780. The van der Waals surface area contributed by atoms with Gasteiger partial charge in [0.05, 0.1) is 19.8 Å². The second-order valence-electron chi connectivity index (χ2n) is 3.84. The van der Waals surface area contributed by atoms with E-state index in [4.69, 9.17) is 18.9 Å². The Labute approximate surface area is 105 Å². The average molecular weight is 258 g/mol. The third-order valence-corrected chi connectivity index (χ3v) is 3.04. The van der Waals surface area contributed by atoms with Gasteiger partial charge in [-0.05, 0) is 6.42 Å². The van der Waals surface area contributed by atoms with Gasteiger partial charge in [-0.25, -0.2) is 0 Å². The van der Waals surface area contributed by atoms with E-state index in [-0.39, 0.29) is 6.10 Å². The zero-order valence-corrected chi connectivity index (χ0v) is 10.8. The Morgan fingerprint density at radius 3 is 2.94 bits per heavy atom. The van der Waals surface area contributed by atoms with Crippen molar-refractivity contribution >= 4 is 11.3 Å². The minimum atomic E-state index is -0.0109. The number of hydrogen-bond acceptors (Lipinski definition) is 5. The number of fused-ring (bicyclic) bond motifs is 1. The normalized spacial score (nSPS) is 18.3. The maximum atomic E-state index is 5.72. The van der Waals surface area contributed by atoms with E-state index in [9.17, 15) is 0 Å². The van der Waals surface area contributed by atoms with Gasteiger partial charge in [-0.3, -0.25) is 0 Å². The number of hydrogen-bond donors (Lipinski definition) is 0. The van der Waals surface area contributed by atoms with Crippen LogP contribution in [0.1, 0.15) is 13.3 Å². The lowest BCUT2D eigenvalue weighted by Crippen LogP contribution is -2.33. The zero-order valence-electron chi connectivity index (χ0n) is 10.0. The number of rotatable bonds is 7. The molecule has 0 saturated heterocycles. The molecule has 0 fully saturated rings. The molecule has 2 heterocycles. The van der Waals surface area contributed by atoms with E-state index in [1.54, 1.807) is 11.3 Å². The smallest absolute Gasteiger partial charge is 0.172 e. The molecule has 1 aromatic heterocycles. The summed E-state index contributed by atoms with van der Waals surface area (Å²) in [5.41, 5.74) is 0. The van der Waals surface area contributed by atoms with Crippen LogP contribution in [0.2, 0.25) is 0 Å². The molecule has 1 unspecified atom stereocenters. The van der Waals surface area contributed by atoms with E-state index in [2.05, 4.69) is 6.92 Å². The average Bonchev–Trinajstić information content (AvgIpc) is 2.81. The van der Waals surface area contributed by atoms with Crippen molar-refractivity contribution in [2.75, 3.05) is 33.0 Å². The largest absolute Gasteiger partial charge is 0.485 e. The van der Waals surface area contributed by atoms with Gasteiger partial charge in [0.15, 0.2) is 17.6 Å². The van der Waals surface area contributed by atoms with E-state index in [0.29, 0.717) is 26.4 Å². The van der Waals surface area contributed by atoms with Crippen molar-refractivity contribution in [3.8, 4) is 11.5 Å². The highest BCUT2D eigenvalue weighted by Gasteiger charge is 2.21. The van der Waals surface area contributed by atoms with Crippen molar-refractivity contribution < 1.29 is 18.9 Å². The molecule has 17 heavy (non-hydrogen) atoms. The minimum Gasteiger partial charge on any atom is -0.485 e. The molecule has 0 aromatic carbocycles. The van der Waals surface area contributed by atoms with Crippen LogP contribution in [0.25, 0.3) is 0 Å². The highest BCUT2D eigenvalue weighted by Crippen LogP contribution is 2.35. The van der Waals surface area contributed by atoms with Gasteiger partial charge in [-0.2, -0.15) is 0 Å². The molecule has 96 valence electrons. The van der Waals surface area contributed by atoms with Crippen LogP contribution in [-0.4, -0.2) is 39.1 Å². The quantitative estimate of drug-likeness (QED) is 0.703. The standard InChI is InChI=1S/C12H18O4S/c1-2-3-13-4-5-14-6-10-7-15-11-8-17-9-12(11)16-10/h8-10H,2-7H2,1H3. The summed E-state index contributed by atoms with van der Waals surface area (Å²) in [4.78, 5) is 0. The van der Waals surface area contributed by atoms with Gasteiger partial charge in [0.1, 0.15) is 6.61 Å². The van der Waals surface area contributed by atoms with Crippen molar-refractivity contribution in [3.05, 3.63) is 10.8 Å². The molecule has 1 aliphatic rings.